The second-order valence-corrected chi connectivity index (χ2v) is 5.08. The molecule has 2 aromatic rings. The van der Waals surface area contributed by atoms with Crippen LogP contribution in [0.3, 0.4) is 0 Å². The minimum atomic E-state index is -0.942. The summed E-state index contributed by atoms with van der Waals surface area (Å²) in [5.41, 5.74) is 4.43. The monoisotopic (exact) mass is 273 g/mol. The fourth-order valence-corrected chi connectivity index (χ4v) is 2.37. The van der Waals surface area contributed by atoms with Crippen LogP contribution in [0.25, 0.3) is 0 Å². The van der Waals surface area contributed by atoms with Crippen molar-refractivity contribution < 1.29 is 9.90 Å². The molecule has 0 saturated heterocycles. The number of carbonyl (C=O) groups is 1. The van der Waals surface area contributed by atoms with Crippen LogP contribution in [0.4, 0.5) is 5.69 Å². The maximum absolute atomic E-state index is 11.2. The number of hydrogen-bond acceptors (Lipinski definition) is 3. The van der Waals surface area contributed by atoms with Gasteiger partial charge >= 0.3 is 5.97 Å². The van der Waals surface area contributed by atoms with Gasteiger partial charge in [0.25, 0.3) is 0 Å². The van der Waals surface area contributed by atoms with Crippen molar-refractivity contribution >= 4 is 11.7 Å². The highest BCUT2D eigenvalue weighted by Crippen LogP contribution is 2.22. The SMILES string of the molecule is Cc1ccc(N(C)Cc2c(C(=O)O)cnn2C)c(C)c1. The van der Waals surface area contributed by atoms with E-state index in [2.05, 4.69) is 37.1 Å². The Morgan fingerprint density at radius 1 is 1.40 bits per heavy atom. The number of aromatic nitrogens is 2. The Balaban J connectivity index is 2.30. The Labute approximate surface area is 118 Å². The quantitative estimate of drug-likeness (QED) is 0.929. The topological polar surface area (TPSA) is 58.4 Å². The second kappa shape index (κ2) is 5.36. The van der Waals surface area contributed by atoms with E-state index >= 15 is 0 Å². The molecule has 0 amide bonds. The first-order valence-electron chi connectivity index (χ1n) is 6.42. The Bertz CT molecular complexity index is 647. The van der Waals surface area contributed by atoms with Gasteiger partial charge < -0.3 is 10.0 Å². The first-order valence-corrected chi connectivity index (χ1v) is 6.42. The average molecular weight is 273 g/mol. The highest BCUT2D eigenvalue weighted by atomic mass is 16.4. The number of anilines is 1. The van der Waals surface area contributed by atoms with Gasteiger partial charge in [-0.05, 0) is 25.5 Å². The molecule has 0 atom stereocenters. The standard InChI is InChI=1S/C15H19N3O2/c1-10-5-6-13(11(2)7-10)17(3)9-14-12(15(19)20)8-16-18(14)4/h5-8H,9H2,1-4H3,(H,19,20). The fraction of sp³-hybridized carbons (Fsp3) is 0.333. The fourth-order valence-electron chi connectivity index (χ4n) is 2.37. The molecular weight excluding hydrogens is 254 g/mol. The van der Waals surface area contributed by atoms with Gasteiger partial charge in [-0.15, -0.1) is 0 Å². The van der Waals surface area contributed by atoms with Crippen LogP contribution < -0.4 is 4.90 Å². The van der Waals surface area contributed by atoms with Crippen LogP contribution in [-0.2, 0) is 13.6 Å². The summed E-state index contributed by atoms with van der Waals surface area (Å²) in [6, 6.07) is 6.23. The van der Waals surface area contributed by atoms with E-state index < -0.39 is 5.97 Å². The van der Waals surface area contributed by atoms with Crippen LogP contribution in [0.5, 0.6) is 0 Å². The second-order valence-electron chi connectivity index (χ2n) is 5.08. The zero-order chi connectivity index (χ0) is 14.9. The number of benzene rings is 1. The lowest BCUT2D eigenvalue weighted by Gasteiger charge is -2.22. The third kappa shape index (κ3) is 2.66. The molecule has 0 aliphatic carbocycles. The molecule has 106 valence electrons. The lowest BCUT2D eigenvalue weighted by Crippen LogP contribution is -2.21. The van der Waals surface area contributed by atoms with Gasteiger partial charge in [0, 0.05) is 19.8 Å². The van der Waals surface area contributed by atoms with Crippen LogP contribution >= 0.6 is 0 Å². The molecule has 0 bridgehead atoms. The molecule has 5 heteroatoms. The third-order valence-corrected chi connectivity index (χ3v) is 3.44. The molecule has 5 nitrogen and oxygen atoms in total. The zero-order valence-corrected chi connectivity index (χ0v) is 12.2. The molecule has 0 spiro atoms. The molecule has 0 aliphatic heterocycles. The smallest absolute Gasteiger partial charge is 0.339 e. The number of carboxylic acid groups (broad SMARTS) is 1. The number of rotatable bonds is 4. The summed E-state index contributed by atoms with van der Waals surface area (Å²) in [4.78, 5) is 13.2. The molecule has 1 N–H and O–H groups in total. The van der Waals surface area contributed by atoms with Crippen molar-refractivity contribution in [1.82, 2.24) is 9.78 Å². The first kappa shape index (κ1) is 14.1. The predicted molar refractivity (Wildman–Crippen MR) is 78.2 cm³/mol. The molecule has 0 radical (unpaired) electrons. The molecule has 1 aromatic heterocycles. The lowest BCUT2D eigenvalue weighted by atomic mass is 10.1. The van der Waals surface area contributed by atoms with Crippen molar-refractivity contribution in [2.24, 2.45) is 7.05 Å². The summed E-state index contributed by atoms with van der Waals surface area (Å²) < 4.78 is 1.61. The van der Waals surface area contributed by atoms with E-state index in [1.807, 2.05) is 11.9 Å². The highest BCUT2D eigenvalue weighted by Gasteiger charge is 2.17. The van der Waals surface area contributed by atoms with Crippen molar-refractivity contribution in [2.45, 2.75) is 20.4 Å². The van der Waals surface area contributed by atoms with Crippen molar-refractivity contribution in [3.05, 3.63) is 46.8 Å². The van der Waals surface area contributed by atoms with Crippen LogP contribution in [0.15, 0.2) is 24.4 Å². The highest BCUT2D eigenvalue weighted by molar-refractivity contribution is 5.88. The van der Waals surface area contributed by atoms with E-state index in [9.17, 15) is 9.90 Å². The van der Waals surface area contributed by atoms with Gasteiger partial charge in [0.15, 0.2) is 0 Å². The average Bonchev–Trinajstić information content (AvgIpc) is 2.71. The first-order chi connectivity index (χ1) is 9.40. The van der Waals surface area contributed by atoms with Gasteiger partial charge in [-0.25, -0.2) is 4.79 Å². The number of aromatic carboxylic acids is 1. The van der Waals surface area contributed by atoms with Crippen molar-refractivity contribution in [2.75, 3.05) is 11.9 Å². The zero-order valence-electron chi connectivity index (χ0n) is 12.2. The van der Waals surface area contributed by atoms with Gasteiger partial charge in [-0.1, -0.05) is 17.7 Å². The summed E-state index contributed by atoms with van der Waals surface area (Å²) in [5, 5.41) is 13.2. The van der Waals surface area contributed by atoms with Gasteiger partial charge in [-0.2, -0.15) is 5.10 Å². The van der Waals surface area contributed by atoms with E-state index in [1.54, 1.807) is 11.7 Å². The molecule has 0 unspecified atom stereocenters. The van der Waals surface area contributed by atoms with Gasteiger partial charge in [0.05, 0.1) is 18.4 Å². The molecule has 1 heterocycles. The normalized spacial score (nSPS) is 10.6. The number of hydrogen-bond donors (Lipinski definition) is 1. The van der Waals surface area contributed by atoms with Crippen molar-refractivity contribution in [3.8, 4) is 0 Å². The van der Waals surface area contributed by atoms with Crippen LogP contribution in [0.1, 0.15) is 27.2 Å². The molecule has 2 rings (SSSR count). The van der Waals surface area contributed by atoms with E-state index in [1.165, 1.54) is 17.3 Å². The minimum absolute atomic E-state index is 0.254. The van der Waals surface area contributed by atoms with E-state index in [0.717, 1.165) is 5.69 Å². The Morgan fingerprint density at radius 2 is 2.10 bits per heavy atom. The number of aryl methyl sites for hydroxylation is 3. The summed E-state index contributed by atoms with van der Waals surface area (Å²) in [5.74, 6) is -0.942. The largest absolute Gasteiger partial charge is 0.478 e. The molecular formula is C15H19N3O2. The van der Waals surface area contributed by atoms with E-state index in [4.69, 9.17) is 0 Å². The number of nitrogens with zero attached hydrogens (tertiary/aromatic N) is 3. The Morgan fingerprint density at radius 3 is 2.70 bits per heavy atom. The Hall–Kier alpha value is -2.30. The van der Waals surface area contributed by atoms with Crippen LogP contribution in [0, 0.1) is 13.8 Å². The van der Waals surface area contributed by atoms with Crippen molar-refractivity contribution in [3.63, 3.8) is 0 Å². The van der Waals surface area contributed by atoms with Crippen molar-refractivity contribution in [1.29, 1.82) is 0 Å². The molecule has 0 saturated carbocycles. The third-order valence-electron chi connectivity index (χ3n) is 3.44. The van der Waals surface area contributed by atoms with Gasteiger partial charge in [0.2, 0.25) is 0 Å². The molecule has 0 aliphatic rings. The van der Waals surface area contributed by atoms with E-state index in [-0.39, 0.29) is 5.56 Å². The Kier molecular flexibility index (Phi) is 3.79. The molecule has 1 aromatic carbocycles. The van der Waals surface area contributed by atoms with Gasteiger partial charge in [-0.3, -0.25) is 4.68 Å². The lowest BCUT2D eigenvalue weighted by molar-refractivity contribution is 0.0695. The van der Waals surface area contributed by atoms with Crippen LogP contribution in [-0.4, -0.2) is 27.9 Å². The maximum Gasteiger partial charge on any atom is 0.339 e. The number of carboxylic acids is 1. The van der Waals surface area contributed by atoms with E-state index in [0.29, 0.717) is 12.2 Å². The van der Waals surface area contributed by atoms with Gasteiger partial charge in [0.1, 0.15) is 5.56 Å². The molecule has 0 fully saturated rings. The molecule has 20 heavy (non-hydrogen) atoms. The summed E-state index contributed by atoms with van der Waals surface area (Å²) in [7, 11) is 3.72. The van der Waals surface area contributed by atoms with Crippen LogP contribution in [0.2, 0.25) is 0 Å². The summed E-state index contributed by atoms with van der Waals surface area (Å²) in [6.45, 7) is 4.61. The minimum Gasteiger partial charge on any atom is -0.478 e. The predicted octanol–water partition coefficient (Wildman–Crippen LogP) is 2.37. The summed E-state index contributed by atoms with van der Waals surface area (Å²) in [6.07, 6.45) is 1.40. The summed E-state index contributed by atoms with van der Waals surface area (Å²) >= 11 is 0. The maximum atomic E-state index is 11.2.